The predicted molar refractivity (Wildman–Crippen MR) is 89.8 cm³/mol. The van der Waals surface area contributed by atoms with Gasteiger partial charge >= 0.3 is 6.03 Å². The normalized spacial score (nSPS) is 9.42. The minimum absolute atomic E-state index is 0.266. The number of aryl methyl sites for hydroxylation is 2. The van der Waals surface area contributed by atoms with Gasteiger partial charge in [-0.3, -0.25) is 0 Å². The number of aliphatic imine (C=N–C) groups is 1. The lowest BCUT2D eigenvalue weighted by Crippen LogP contribution is -2.30. The molecule has 7 heteroatoms. The summed E-state index contributed by atoms with van der Waals surface area (Å²) in [5.41, 5.74) is 2.91. The lowest BCUT2D eigenvalue weighted by atomic mass is 10.2. The summed E-state index contributed by atoms with van der Waals surface area (Å²) in [6.07, 6.45) is 2.79. The lowest BCUT2D eigenvalue weighted by molar-refractivity contribution is 0.257. The first-order chi connectivity index (χ1) is 11.5. The van der Waals surface area contributed by atoms with Crippen LogP contribution in [-0.4, -0.2) is 18.2 Å². The Morgan fingerprint density at radius 3 is 2.38 bits per heavy atom. The van der Waals surface area contributed by atoms with Crippen molar-refractivity contribution in [2.75, 3.05) is 10.3 Å². The zero-order chi connectivity index (χ0) is 17.5. The molecule has 0 radical (unpaired) electrons. The van der Waals surface area contributed by atoms with Crippen molar-refractivity contribution in [1.29, 1.82) is 0 Å². The van der Waals surface area contributed by atoms with Crippen LogP contribution in [0.4, 0.5) is 21.9 Å². The number of carbonyl (C=O) groups is 1. The number of hydrogen-bond acceptors (Lipinski definition) is 5. The van der Waals surface area contributed by atoms with Crippen LogP contribution in [0.1, 0.15) is 11.1 Å². The number of nitrogens with zero attached hydrogens (tertiary/aromatic N) is 3. The third-order valence-electron chi connectivity index (χ3n) is 3.24. The van der Waals surface area contributed by atoms with Gasteiger partial charge in [0.2, 0.25) is 6.08 Å². The molecule has 0 aliphatic heterocycles. The van der Waals surface area contributed by atoms with Crippen LogP contribution in [0, 0.1) is 13.8 Å². The molecule has 2 amide bonds. The van der Waals surface area contributed by atoms with Gasteiger partial charge in [0.15, 0.2) is 0 Å². The second-order valence-electron chi connectivity index (χ2n) is 4.97. The van der Waals surface area contributed by atoms with Crippen LogP contribution in [0.3, 0.4) is 0 Å². The van der Waals surface area contributed by atoms with Crippen LogP contribution >= 0.6 is 0 Å². The number of carbonyl (C=O) groups excluding carboxylic acids is 3. The number of amides is 2. The molecule has 0 aliphatic carbocycles. The van der Waals surface area contributed by atoms with Crippen LogP contribution in [0.2, 0.25) is 0 Å². The van der Waals surface area contributed by atoms with Crippen LogP contribution < -0.4 is 10.3 Å². The molecule has 120 valence electrons. The highest BCUT2D eigenvalue weighted by Crippen LogP contribution is 2.26. The largest absolute Gasteiger partial charge is 0.347 e. The molecule has 1 N–H and O–H groups in total. The fourth-order valence-corrected chi connectivity index (χ4v) is 1.97. The van der Waals surface area contributed by atoms with Gasteiger partial charge in [-0.25, -0.2) is 14.4 Å². The minimum Gasteiger partial charge on any atom is -0.306 e. The number of isocyanates is 2. The fraction of sp³-hybridized carbons (Fsp3) is 0.118. The number of urea groups is 1. The maximum atomic E-state index is 12.4. The van der Waals surface area contributed by atoms with Gasteiger partial charge in [-0.05, 0) is 43.7 Å². The molecule has 24 heavy (non-hydrogen) atoms. The zero-order valence-corrected chi connectivity index (χ0v) is 13.1. The highest BCUT2D eigenvalue weighted by Gasteiger charge is 2.16. The SMILES string of the molecule is Cc1ccc(NC(=O)N(N=C=O)c2ccc(C)c(N=C=O)c2)cc1. The van der Waals surface area contributed by atoms with Crippen molar-refractivity contribution in [3.8, 4) is 0 Å². The Morgan fingerprint density at radius 1 is 1.04 bits per heavy atom. The Bertz CT molecular complexity index is 849. The summed E-state index contributed by atoms with van der Waals surface area (Å²) >= 11 is 0. The summed E-state index contributed by atoms with van der Waals surface area (Å²) in [6.45, 7) is 3.68. The zero-order valence-electron chi connectivity index (χ0n) is 13.1. The highest BCUT2D eigenvalue weighted by molar-refractivity contribution is 6.01. The summed E-state index contributed by atoms with van der Waals surface area (Å²) in [7, 11) is 0. The summed E-state index contributed by atoms with van der Waals surface area (Å²) in [4.78, 5) is 37.1. The maximum Gasteiger partial charge on any atom is 0.347 e. The predicted octanol–water partition coefficient (Wildman–Crippen LogP) is 3.56. The highest BCUT2D eigenvalue weighted by atomic mass is 16.2. The van der Waals surface area contributed by atoms with Crippen molar-refractivity contribution in [2.45, 2.75) is 13.8 Å². The minimum atomic E-state index is -0.646. The molecule has 0 saturated carbocycles. The van der Waals surface area contributed by atoms with E-state index in [-0.39, 0.29) is 5.69 Å². The van der Waals surface area contributed by atoms with E-state index < -0.39 is 6.03 Å². The molecule has 7 nitrogen and oxygen atoms in total. The summed E-state index contributed by atoms with van der Waals surface area (Å²) in [5.74, 6) is 0. The molecule has 0 fully saturated rings. The Kier molecular flexibility index (Phi) is 5.36. The van der Waals surface area contributed by atoms with Gasteiger partial charge in [0.05, 0.1) is 11.4 Å². The Morgan fingerprint density at radius 2 is 1.75 bits per heavy atom. The molecular formula is C17H14N4O3. The maximum absolute atomic E-state index is 12.4. The monoisotopic (exact) mass is 322 g/mol. The summed E-state index contributed by atoms with van der Waals surface area (Å²) in [5, 5.41) is 6.88. The quantitative estimate of drug-likeness (QED) is 0.530. The molecule has 0 atom stereocenters. The molecule has 2 rings (SSSR count). The van der Waals surface area contributed by atoms with E-state index >= 15 is 0 Å². The lowest BCUT2D eigenvalue weighted by Gasteiger charge is -2.17. The first-order valence-corrected chi connectivity index (χ1v) is 6.99. The average molecular weight is 322 g/mol. The van der Waals surface area contributed by atoms with E-state index in [1.165, 1.54) is 18.2 Å². The van der Waals surface area contributed by atoms with Crippen molar-refractivity contribution >= 4 is 35.3 Å². The van der Waals surface area contributed by atoms with E-state index in [0.29, 0.717) is 11.4 Å². The molecule has 0 spiro atoms. The van der Waals surface area contributed by atoms with Crippen molar-refractivity contribution < 1.29 is 14.4 Å². The third kappa shape index (κ3) is 4.01. The number of hydrogen-bond donors (Lipinski definition) is 1. The molecule has 0 heterocycles. The van der Waals surface area contributed by atoms with Crippen LogP contribution in [0.25, 0.3) is 0 Å². The molecule has 0 aromatic heterocycles. The molecule has 0 bridgehead atoms. The van der Waals surface area contributed by atoms with E-state index in [9.17, 15) is 14.4 Å². The van der Waals surface area contributed by atoms with Crippen molar-refractivity contribution in [3.63, 3.8) is 0 Å². The molecule has 2 aromatic carbocycles. The van der Waals surface area contributed by atoms with Gasteiger partial charge in [-0.2, -0.15) is 10.0 Å². The van der Waals surface area contributed by atoms with E-state index in [0.717, 1.165) is 16.1 Å². The van der Waals surface area contributed by atoms with Crippen LogP contribution in [0.15, 0.2) is 52.6 Å². The number of rotatable bonds is 4. The van der Waals surface area contributed by atoms with E-state index in [2.05, 4.69) is 15.4 Å². The molecule has 2 aromatic rings. The van der Waals surface area contributed by atoms with E-state index in [4.69, 9.17) is 0 Å². The summed E-state index contributed by atoms with van der Waals surface area (Å²) < 4.78 is 0. The molecular weight excluding hydrogens is 308 g/mol. The molecule has 0 saturated heterocycles. The third-order valence-corrected chi connectivity index (χ3v) is 3.24. The first-order valence-electron chi connectivity index (χ1n) is 6.99. The molecule has 0 unspecified atom stereocenters. The standard InChI is InChI=1S/C17H14N4O3/c1-12-3-6-14(7-4-12)20-17(24)21(19-11-23)15-8-5-13(2)16(9-15)18-10-22/h3-9H,1-2H3,(H,20,24). The number of nitrogens with one attached hydrogen (secondary N) is 1. The van der Waals surface area contributed by atoms with E-state index in [1.54, 1.807) is 31.2 Å². The Balaban J connectivity index is 2.33. The number of hydrazone groups is 1. The van der Waals surface area contributed by atoms with Crippen molar-refractivity contribution in [1.82, 2.24) is 0 Å². The second-order valence-corrected chi connectivity index (χ2v) is 4.97. The summed E-state index contributed by atoms with van der Waals surface area (Å²) in [6, 6.07) is 11.2. The Hall–Kier alpha value is -3.53. The van der Waals surface area contributed by atoms with Crippen LogP contribution in [-0.2, 0) is 9.59 Å². The van der Waals surface area contributed by atoms with Crippen molar-refractivity contribution in [2.24, 2.45) is 10.1 Å². The van der Waals surface area contributed by atoms with Crippen molar-refractivity contribution in [3.05, 3.63) is 53.6 Å². The van der Waals surface area contributed by atoms with Gasteiger partial charge in [0, 0.05) is 5.69 Å². The topological polar surface area (TPSA) is 91.2 Å². The first kappa shape index (κ1) is 16.8. The number of benzene rings is 2. The molecule has 0 aliphatic rings. The van der Waals surface area contributed by atoms with Gasteiger partial charge in [-0.1, -0.05) is 28.9 Å². The van der Waals surface area contributed by atoms with Gasteiger partial charge < -0.3 is 5.32 Å². The number of anilines is 2. The smallest absolute Gasteiger partial charge is 0.306 e. The van der Waals surface area contributed by atoms with E-state index in [1.807, 2.05) is 19.1 Å². The van der Waals surface area contributed by atoms with Gasteiger partial charge in [0.1, 0.15) is 0 Å². The fourth-order valence-electron chi connectivity index (χ4n) is 1.97. The average Bonchev–Trinajstić information content (AvgIpc) is 2.57. The van der Waals surface area contributed by atoms with Gasteiger partial charge in [0.25, 0.3) is 6.08 Å². The second kappa shape index (κ2) is 7.65. The van der Waals surface area contributed by atoms with Crippen LogP contribution in [0.5, 0.6) is 0 Å². The Labute approximate surface area is 138 Å². The van der Waals surface area contributed by atoms with Gasteiger partial charge in [-0.15, -0.1) is 0 Å².